The van der Waals surface area contributed by atoms with E-state index in [2.05, 4.69) is 13.8 Å². The zero-order valence-corrected chi connectivity index (χ0v) is 4.83. The number of rotatable bonds is 3. The van der Waals surface area contributed by atoms with Gasteiger partial charge in [0.15, 0.2) is 0 Å². The first kappa shape index (κ1) is 10.1. The van der Waals surface area contributed by atoms with Crippen molar-refractivity contribution in [2.75, 3.05) is 0 Å². The summed E-state index contributed by atoms with van der Waals surface area (Å²) in [5, 5.41) is 0. The standard InChI is InChI=1S/C6H14.CH4/c1-3-5-6-4-2;/h3-6H2,1-2H3;1H4. The highest BCUT2D eigenvalue weighted by molar-refractivity contribution is 4.31. The van der Waals surface area contributed by atoms with E-state index in [-0.39, 0.29) is 7.43 Å². The van der Waals surface area contributed by atoms with E-state index in [0.717, 1.165) is 0 Å². The van der Waals surface area contributed by atoms with Crippen LogP contribution in [0.5, 0.6) is 0 Å². The maximum absolute atomic E-state index is 2.23. The predicted octanol–water partition coefficient (Wildman–Crippen LogP) is 3.22. The Morgan fingerprint density at radius 3 is 1.29 bits per heavy atom. The van der Waals surface area contributed by atoms with Gasteiger partial charge in [-0.15, -0.1) is 0 Å². The monoisotopic (exact) mass is 102 g/mol. The Balaban J connectivity index is 0. The second kappa shape index (κ2) is 9.38. The minimum absolute atomic E-state index is 0. The Bertz CT molecular complexity index is 12.0. The predicted molar refractivity (Wildman–Crippen MR) is 36.5 cm³/mol. The summed E-state index contributed by atoms with van der Waals surface area (Å²) in [6.07, 6.45) is 5.54. The Kier molecular flexibility index (Phi) is 13.5. The van der Waals surface area contributed by atoms with Crippen LogP contribution in [0.1, 0.15) is 47.0 Å². The van der Waals surface area contributed by atoms with Crippen LogP contribution in [0.25, 0.3) is 0 Å². The van der Waals surface area contributed by atoms with Gasteiger partial charge in [0.1, 0.15) is 0 Å². The van der Waals surface area contributed by atoms with Gasteiger partial charge in [0, 0.05) is 0 Å². The molecular weight excluding hydrogens is 84.1 g/mol. The van der Waals surface area contributed by atoms with E-state index in [0.29, 0.717) is 0 Å². The molecule has 0 radical (unpaired) electrons. The molecule has 0 heteroatoms. The molecule has 0 spiro atoms. The molecule has 0 aliphatic carbocycles. The highest BCUT2D eigenvalue weighted by atomic mass is 13.8. The summed E-state index contributed by atoms with van der Waals surface area (Å²) in [5.74, 6) is 0. The molecule has 0 bridgehead atoms. The van der Waals surface area contributed by atoms with Crippen LogP contribution in [0.3, 0.4) is 0 Å². The first-order valence-corrected chi connectivity index (χ1v) is 2.91. The van der Waals surface area contributed by atoms with E-state index in [1.165, 1.54) is 25.7 Å². The second-order valence-electron chi connectivity index (χ2n) is 1.71. The minimum atomic E-state index is 0. The largest absolute Gasteiger partial charge is 0.0776 e. The summed E-state index contributed by atoms with van der Waals surface area (Å²) < 4.78 is 0. The van der Waals surface area contributed by atoms with Crippen LogP contribution in [0, 0.1) is 0 Å². The number of unbranched alkanes of at least 4 members (excludes halogenated alkanes) is 3. The highest BCUT2D eigenvalue weighted by Crippen LogP contribution is 1.95. The molecule has 0 aromatic heterocycles. The van der Waals surface area contributed by atoms with Gasteiger partial charge in [-0.3, -0.25) is 0 Å². The molecule has 0 N–H and O–H groups in total. The van der Waals surface area contributed by atoms with Gasteiger partial charge in [0.05, 0.1) is 0 Å². The second-order valence-corrected chi connectivity index (χ2v) is 1.71. The highest BCUT2D eigenvalue weighted by Gasteiger charge is 1.75. The van der Waals surface area contributed by atoms with Gasteiger partial charge >= 0.3 is 0 Å². The summed E-state index contributed by atoms with van der Waals surface area (Å²) >= 11 is 0. The third-order valence-corrected chi connectivity index (χ3v) is 0.957. The molecule has 0 aliphatic rings. The Hall–Kier alpha value is 0. The molecule has 0 aromatic rings. The average molecular weight is 102 g/mol. The van der Waals surface area contributed by atoms with Crippen molar-refractivity contribution in [1.29, 1.82) is 0 Å². The normalized spacial score (nSPS) is 7.71. The SMILES string of the molecule is C.CCCCCC. The number of hydrogen-bond acceptors (Lipinski definition) is 0. The molecule has 7 heavy (non-hydrogen) atoms. The lowest BCUT2D eigenvalue weighted by Crippen LogP contribution is -1.66. The smallest absolute Gasteiger partial charge is 0.0536 e. The van der Waals surface area contributed by atoms with Gasteiger partial charge in [0.2, 0.25) is 0 Å². The maximum Gasteiger partial charge on any atom is -0.0536 e. The Morgan fingerprint density at radius 2 is 1.14 bits per heavy atom. The molecule has 0 unspecified atom stereocenters. The quantitative estimate of drug-likeness (QED) is 0.480. The lowest BCUT2D eigenvalue weighted by Gasteiger charge is -1.86. The fourth-order valence-electron chi connectivity index (χ4n) is 0.500. The van der Waals surface area contributed by atoms with Gasteiger partial charge in [0.25, 0.3) is 0 Å². The van der Waals surface area contributed by atoms with Crippen LogP contribution < -0.4 is 0 Å². The van der Waals surface area contributed by atoms with Crippen molar-refractivity contribution in [3.05, 3.63) is 0 Å². The molecule has 0 saturated carbocycles. The molecule has 0 heterocycles. The van der Waals surface area contributed by atoms with Crippen molar-refractivity contribution in [3.8, 4) is 0 Å². The lowest BCUT2D eigenvalue weighted by atomic mass is 10.2. The fraction of sp³-hybridized carbons (Fsp3) is 1.00. The minimum Gasteiger partial charge on any atom is -0.0776 e. The van der Waals surface area contributed by atoms with E-state index in [9.17, 15) is 0 Å². The first-order valence-electron chi connectivity index (χ1n) is 2.91. The van der Waals surface area contributed by atoms with E-state index >= 15 is 0 Å². The summed E-state index contributed by atoms with van der Waals surface area (Å²) in [5.41, 5.74) is 0. The van der Waals surface area contributed by atoms with Gasteiger partial charge < -0.3 is 0 Å². The zero-order valence-electron chi connectivity index (χ0n) is 4.83. The van der Waals surface area contributed by atoms with Crippen LogP contribution in [-0.2, 0) is 0 Å². The Morgan fingerprint density at radius 1 is 0.857 bits per heavy atom. The molecule has 0 nitrogen and oxygen atoms in total. The van der Waals surface area contributed by atoms with Gasteiger partial charge in [-0.1, -0.05) is 47.0 Å². The Labute approximate surface area is 47.9 Å². The maximum atomic E-state index is 2.23. The van der Waals surface area contributed by atoms with Crippen molar-refractivity contribution in [2.24, 2.45) is 0 Å². The van der Waals surface area contributed by atoms with E-state index in [1.54, 1.807) is 0 Å². The van der Waals surface area contributed by atoms with Gasteiger partial charge in [-0.25, -0.2) is 0 Å². The first-order chi connectivity index (χ1) is 2.91. The van der Waals surface area contributed by atoms with Gasteiger partial charge in [-0.2, -0.15) is 0 Å². The third-order valence-electron chi connectivity index (χ3n) is 0.957. The molecule has 0 atom stereocenters. The molecule has 46 valence electrons. The molecule has 0 rings (SSSR count). The summed E-state index contributed by atoms with van der Waals surface area (Å²) in [7, 11) is 0. The van der Waals surface area contributed by atoms with E-state index < -0.39 is 0 Å². The van der Waals surface area contributed by atoms with Crippen molar-refractivity contribution in [3.63, 3.8) is 0 Å². The summed E-state index contributed by atoms with van der Waals surface area (Å²) in [6, 6.07) is 0. The van der Waals surface area contributed by atoms with Gasteiger partial charge in [-0.05, 0) is 0 Å². The average Bonchev–Trinajstić information content (AvgIpc) is 1.61. The van der Waals surface area contributed by atoms with Crippen LogP contribution in [-0.4, -0.2) is 0 Å². The van der Waals surface area contributed by atoms with Crippen LogP contribution in [0.15, 0.2) is 0 Å². The fourth-order valence-corrected chi connectivity index (χ4v) is 0.500. The van der Waals surface area contributed by atoms with Crippen molar-refractivity contribution >= 4 is 0 Å². The summed E-state index contributed by atoms with van der Waals surface area (Å²) in [4.78, 5) is 0. The molecule has 0 saturated heterocycles. The van der Waals surface area contributed by atoms with Crippen molar-refractivity contribution in [2.45, 2.75) is 47.0 Å². The van der Waals surface area contributed by atoms with Crippen LogP contribution >= 0.6 is 0 Å². The van der Waals surface area contributed by atoms with E-state index in [4.69, 9.17) is 0 Å². The van der Waals surface area contributed by atoms with Crippen molar-refractivity contribution in [1.82, 2.24) is 0 Å². The third kappa shape index (κ3) is 10.7. The topological polar surface area (TPSA) is 0 Å². The zero-order chi connectivity index (χ0) is 4.83. The van der Waals surface area contributed by atoms with Crippen LogP contribution in [0.2, 0.25) is 0 Å². The van der Waals surface area contributed by atoms with E-state index in [1.807, 2.05) is 0 Å². The number of hydrogen-bond donors (Lipinski definition) is 0. The molecule has 0 aromatic carbocycles. The molecule has 0 fully saturated rings. The molecular formula is C7H18. The molecule has 0 aliphatic heterocycles. The van der Waals surface area contributed by atoms with Crippen molar-refractivity contribution < 1.29 is 0 Å². The summed E-state index contributed by atoms with van der Waals surface area (Å²) in [6.45, 7) is 4.46. The molecule has 0 amide bonds. The lowest BCUT2D eigenvalue weighted by molar-refractivity contribution is 0.702. The van der Waals surface area contributed by atoms with Crippen LogP contribution in [0.4, 0.5) is 0 Å².